The van der Waals surface area contributed by atoms with E-state index in [-0.39, 0.29) is 29.7 Å². The Morgan fingerprint density at radius 1 is 1.07 bits per heavy atom. The third-order valence-electron chi connectivity index (χ3n) is 5.23. The molecule has 2 aliphatic rings. The van der Waals surface area contributed by atoms with Gasteiger partial charge in [-0.25, -0.2) is 12.7 Å². The predicted molar refractivity (Wildman–Crippen MR) is 137 cm³/mol. The molecule has 0 aromatic heterocycles. The third kappa shape index (κ3) is 7.85. The average Bonchev–Trinajstić information content (AvgIpc) is 2.75. The Morgan fingerprint density at radius 2 is 1.73 bits per heavy atom. The van der Waals surface area contributed by atoms with E-state index in [4.69, 9.17) is 0 Å². The van der Waals surface area contributed by atoms with Crippen LogP contribution >= 0.6 is 35.7 Å². The van der Waals surface area contributed by atoms with E-state index in [9.17, 15) is 8.42 Å². The van der Waals surface area contributed by atoms with Gasteiger partial charge in [0.05, 0.1) is 12.3 Å². The second-order valence-electron chi connectivity index (χ2n) is 7.31. The molecule has 7 nitrogen and oxygen atoms in total. The molecule has 0 amide bonds. The minimum Gasteiger partial charge on any atom is -0.357 e. The molecular formula is C20H34IN5O2S2. The maximum Gasteiger partial charge on any atom is 0.215 e. The number of nitrogens with one attached hydrogen (secondary N) is 1. The highest BCUT2D eigenvalue weighted by Gasteiger charge is 2.24. The highest BCUT2D eigenvalue weighted by Crippen LogP contribution is 2.13. The van der Waals surface area contributed by atoms with Crippen molar-refractivity contribution >= 4 is 51.7 Å². The molecule has 1 aromatic rings. The first-order valence-electron chi connectivity index (χ1n) is 10.4. The second-order valence-corrected chi connectivity index (χ2v) is 10.6. The van der Waals surface area contributed by atoms with E-state index in [1.165, 1.54) is 5.56 Å². The lowest BCUT2D eigenvalue weighted by Gasteiger charge is -2.36. The van der Waals surface area contributed by atoms with E-state index >= 15 is 0 Å². The van der Waals surface area contributed by atoms with Crippen LogP contribution in [0.25, 0.3) is 0 Å². The molecule has 2 saturated heterocycles. The lowest BCUT2D eigenvalue weighted by Crippen LogP contribution is -2.52. The standard InChI is InChI=1S/C20H33N5O2S2.HI/c1-2-21-20(22-8-17-29(26,27)25-13-15-28-16-14-25)24-11-9-23(10-12-24)18-19-6-4-3-5-7-19;/h3-7H,2,8-18H2,1H3,(H,21,22);1H. The molecule has 3 rings (SSSR count). The Morgan fingerprint density at radius 3 is 2.37 bits per heavy atom. The van der Waals surface area contributed by atoms with Gasteiger partial charge in [0.2, 0.25) is 10.0 Å². The summed E-state index contributed by atoms with van der Waals surface area (Å²) in [5.41, 5.74) is 1.34. The van der Waals surface area contributed by atoms with Crippen molar-refractivity contribution in [1.29, 1.82) is 0 Å². The van der Waals surface area contributed by atoms with Crippen LogP contribution in [0.2, 0.25) is 0 Å². The molecule has 1 N–H and O–H groups in total. The normalized spacial score (nSPS) is 19.4. The van der Waals surface area contributed by atoms with Crippen LogP contribution in [0, 0.1) is 0 Å². The van der Waals surface area contributed by atoms with Crippen molar-refractivity contribution in [1.82, 2.24) is 19.4 Å². The Kier molecular flexibility index (Phi) is 11.2. The number of piperazine rings is 1. The smallest absolute Gasteiger partial charge is 0.215 e. The maximum atomic E-state index is 12.5. The summed E-state index contributed by atoms with van der Waals surface area (Å²) in [4.78, 5) is 9.33. The van der Waals surface area contributed by atoms with Gasteiger partial charge in [0.1, 0.15) is 0 Å². The van der Waals surface area contributed by atoms with Crippen molar-refractivity contribution in [2.75, 3.05) is 69.6 Å². The monoisotopic (exact) mass is 567 g/mol. The molecule has 0 spiro atoms. The van der Waals surface area contributed by atoms with E-state index in [0.29, 0.717) is 19.6 Å². The molecule has 2 heterocycles. The van der Waals surface area contributed by atoms with Crippen molar-refractivity contribution in [2.24, 2.45) is 4.99 Å². The maximum absolute atomic E-state index is 12.5. The Balaban J connectivity index is 0.00000320. The van der Waals surface area contributed by atoms with Crippen molar-refractivity contribution < 1.29 is 8.42 Å². The number of hydrogen-bond acceptors (Lipinski definition) is 5. The molecule has 0 atom stereocenters. The zero-order valence-corrected chi connectivity index (χ0v) is 21.7. The minimum atomic E-state index is -3.21. The highest BCUT2D eigenvalue weighted by atomic mass is 127. The summed E-state index contributed by atoms with van der Waals surface area (Å²) in [5, 5.41) is 3.33. The summed E-state index contributed by atoms with van der Waals surface area (Å²) >= 11 is 1.82. The Hall–Kier alpha value is -0.560. The van der Waals surface area contributed by atoms with E-state index in [0.717, 1.165) is 56.7 Å². The molecule has 170 valence electrons. The van der Waals surface area contributed by atoms with Crippen molar-refractivity contribution in [3.05, 3.63) is 35.9 Å². The number of rotatable bonds is 7. The van der Waals surface area contributed by atoms with Gasteiger partial charge in [0, 0.05) is 63.9 Å². The number of nitrogens with zero attached hydrogens (tertiary/aromatic N) is 4. The van der Waals surface area contributed by atoms with Crippen LogP contribution in [0.15, 0.2) is 35.3 Å². The lowest BCUT2D eigenvalue weighted by atomic mass is 10.2. The summed E-state index contributed by atoms with van der Waals surface area (Å²) < 4.78 is 26.7. The number of sulfonamides is 1. The van der Waals surface area contributed by atoms with Crippen LogP contribution in [0.3, 0.4) is 0 Å². The van der Waals surface area contributed by atoms with Gasteiger partial charge in [-0.3, -0.25) is 9.89 Å². The average molecular weight is 568 g/mol. The molecule has 2 aliphatic heterocycles. The van der Waals surface area contributed by atoms with Gasteiger partial charge in [-0.05, 0) is 12.5 Å². The SMILES string of the molecule is CCNC(=NCCS(=O)(=O)N1CCSCC1)N1CCN(Cc2ccccc2)CC1.I. The second kappa shape index (κ2) is 13.1. The Labute approximate surface area is 202 Å². The van der Waals surface area contributed by atoms with Gasteiger partial charge in [0.25, 0.3) is 0 Å². The predicted octanol–water partition coefficient (Wildman–Crippen LogP) is 1.77. The zero-order valence-electron chi connectivity index (χ0n) is 17.7. The van der Waals surface area contributed by atoms with Crippen LogP contribution in [-0.4, -0.2) is 98.1 Å². The van der Waals surface area contributed by atoms with Gasteiger partial charge in [0.15, 0.2) is 5.96 Å². The fourth-order valence-corrected chi connectivity index (χ4v) is 6.06. The van der Waals surface area contributed by atoms with Crippen LogP contribution < -0.4 is 5.32 Å². The van der Waals surface area contributed by atoms with Crippen LogP contribution in [0.4, 0.5) is 0 Å². The highest BCUT2D eigenvalue weighted by molar-refractivity contribution is 14.0. The fourth-order valence-electron chi connectivity index (χ4n) is 3.61. The largest absolute Gasteiger partial charge is 0.357 e. The summed E-state index contributed by atoms with van der Waals surface area (Å²) in [7, 11) is -3.21. The van der Waals surface area contributed by atoms with Crippen molar-refractivity contribution in [3.63, 3.8) is 0 Å². The van der Waals surface area contributed by atoms with E-state index in [1.807, 2.05) is 24.8 Å². The molecule has 0 bridgehead atoms. The summed E-state index contributed by atoms with van der Waals surface area (Å²) in [6.45, 7) is 9.09. The van der Waals surface area contributed by atoms with Crippen molar-refractivity contribution in [3.8, 4) is 0 Å². The number of aliphatic imine (C=N–C) groups is 1. The number of benzene rings is 1. The van der Waals surface area contributed by atoms with Gasteiger partial charge < -0.3 is 10.2 Å². The Bertz CT molecular complexity index is 750. The lowest BCUT2D eigenvalue weighted by molar-refractivity contribution is 0.172. The first-order chi connectivity index (χ1) is 14.1. The first-order valence-corrected chi connectivity index (χ1v) is 13.2. The van der Waals surface area contributed by atoms with Crippen LogP contribution in [0.1, 0.15) is 12.5 Å². The molecule has 2 fully saturated rings. The number of guanidine groups is 1. The van der Waals surface area contributed by atoms with Gasteiger partial charge in [-0.15, -0.1) is 24.0 Å². The quantitative estimate of drug-likeness (QED) is 0.308. The molecular weight excluding hydrogens is 533 g/mol. The summed E-state index contributed by atoms with van der Waals surface area (Å²) in [5.74, 6) is 2.69. The van der Waals surface area contributed by atoms with Crippen molar-refractivity contribution in [2.45, 2.75) is 13.5 Å². The van der Waals surface area contributed by atoms with E-state index in [1.54, 1.807) is 4.31 Å². The van der Waals surface area contributed by atoms with Gasteiger partial charge in [-0.2, -0.15) is 11.8 Å². The first kappa shape index (κ1) is 25.7. The summed E-state index contributed by atoms with van der Waals surface area (Å²) in [6, 6.07) is 10.5. The molecule has 1 aromatic carbocycles. The van der Waals surface area contributed by atoms with Crippen LogP contribution in [-0.2, 0) is 16.6 Å². The minimum absolute atomic E-state index is 0. The molecule has 0 saturated carbocycles. The molecule has 0 radical (unpaired) electrons. The fraction of sp³-hybridized carbons (Fsp3) is 0.650. The number of hydrogen-bond donors (Lipinski definition) is 1. The van der Waals surface area contributed by atoms with Crippen LogP contribution in [0.5, 0.6) is 0 Å². The molecule has 0 aliphatic carbocycles. The molecule has 10 heteroatoms. The van der Waals surface area contributed by atoms with E-state index < -0.39 is 10.0 Å². The summed E-state index contributed by atoms with van der Waals surface area (Å²) in [6.07, 6.45) is 0. The van der Waals surface area contributed by atoms with Gasteiger partial charge in [-0.1, -0.05) is 30.3 Å². The number of halogens is 1. The van der Waals surface area contributed by atoms with Gasteiger partial charge >= 0.3 is 0 Å². The number of thioether (sulfide) groups is 1. The zero-order chi connectivity index (χ0) is 20.5. The third-order valence-corrected chi connectivity index (χ3v) is 8.02. The molecule has 0 unspecified atom stereocenters. The topological polar surface area (TPSA) is 68.2 Å². The molecule has 30 heavy (non-hydrogen) atoms. The van der Waals surface area contributed by atoms with E-state index in [2.05, 4.69) is 44.4 Å².